The molecule has 0 aliphatic carbocycles. The van der Waals surface area contributed by atoms with E-state index in [-0.39, 0.29) is 30.0 Å². The normalized spacial score (nSPS) is 19.2. The van der Waals surface area contributed by atoms with Gasteiger partial charge in [-0.25, -0.2) is 9.18 Å². The van der Waals surface area contributed by atoms with Crippen molar-refractivity contribution in [2.75, 3.05) is 6.61 Å². The van der Waals surface area contributed by atoms with Gasteiger partial charge in [0.05, 0.1) is 23.9 Å². The minimum atomic E-state index is -0.320. The van der Waals surface area contributed by atoms with Crippen LogP contribution in [0.3, 0.4) is 0 Å². The highest BCUT2D eigenvalue weighted by Crippen LogP contribution is 2.27. The summed E-state index contributed by atoms with van der Waals surface area (Å²) in [5.74, 6) is -0.303. The molecule has 6 heteroatoms. The van der Waals surface area contributed by atoms with Crippen molar-refractivity contribution in [3.63, 3.8) is 0 Å². The number of rotatable bonds is 5. The Hall–Kier alpha value is -2.47. The van der Waals surface area contributed by atoms with E-state index in [2.05, 4.69) is 15.6 Å². The lowest BCUT2D eigenvalue weighted by atomic mass is 9.99. The molecule has 1 saturated heterocycles. The minimum absolute atomic E-state index is 0.110. The Bertz CT molecular complexity index is 688. The van der Waals surface area contributed by atoms with E-state index in [1.165, 1.54) is 12.1 Å². The Kier molecular flexibility index (Phi) is 5.60. The number of nitrogens with one attached hydrogen (secondary N) is 2. The maximum atomic E-state index is 13.2. The molecule has 2 amide bonds. The fourth-order valence-electron chi connectivity index (χ4n) is 3.01. The number of aromatic nitrogens is 1. The zero-order chi connectivity index (χ0) is 17.6. The first-order valence-electron chi connectivity index (χ1n) is 8.48. The van der Waals surface area contributed by atoms with E-state index in [1.54, 1.807) is 18.3 Å². The summed E-state index contributed by atoms with van der Waals surface area (Å²) < 4.78 is 19.0. The Morgan fingerprint density at radius 3 is 2.68 bits per heavy atom. The van der Waals surface area contributed by atoms with E-state index >= 15 is 0 Å². The quantitative estimate of drug-likeness (QED) is 0.873. The van der Waals surface area contributed by atoms with E-state index in [1.807, 2.05) is 25.1 Å². The smallest absolute Gasteiger partial charge is 0.315 e. The molecule has 1 aliphatic rings. The van der Waals surface area contributed by atoms with Crippen LogP contribution in [0.25, 0.3) is 0 Å². The summed E-state index contributed by atoms with van der Waals surface area (Å²) in [4.78, 5) is 16.7. The molecule has 0 saturated carbocycles. The van der Waals surface area contributed by atoms with Crippen molar-refractivity contribution in [2.24, 2.45) is 0 Å². The lowest BCUT2D eigenvalue weighted by Crippen LogP contribution is -2.43. The molecule has 0 bridgehead atoms. The summed E-state index contributed by atoms with van der Waals surface area (Å²) in [6, 6.07) is 10.9. The molecule has 5 nitrogen and oxygen atoms in total. The second-order valence-corrected chi connectivity index (χ2v) is 6.17. The molecule has 2 N–H and O–H groups in total. The molecule has 1 aromatic carbocycles. The van der Waals surface area contributed by atoms with Crippen LogP contribution >= 0.6 is 0 Å². The average Bonchev–Trinajstić information content (AvgIpc) is 3.15. The third kappa shape index (κ3) is 4.54. The van der Waals surface area contributed by atoms with E-state index in [9.17, 15) is 9.18 Å². The number of hydrogen-bond donors (Lipinski definition) is 2. The molecular weight excluding hydrogens is 321 g/mol. The topological polar surface area (TPSA) is 63.2 Å². The predicted molar refractivity (Wildman–Crippen MR) is 92.4 cm³/mol. The fraction of sp³-hybridized carbons (Fsp3) is 0.368. The molecule has 25 heavy (non-hydrogen) atoms. The van der Waals surface area contributed by atoms with Crippen molar-refractivity contribution in [1.29, 1.82) is 0 Å². The van der Waals surface area contributed by atoms with Gasteiger partial charge in [-0.1, -0.05) is 18.2 Å². The maximum Gasteiger partial charge on any atom is 0.315 e. The third-order valence-electron chi connectivity index (χ3n) is 4.33. The van der Waals surface area contributed by atoms with Crippen LogP contribution in [-0.4, -0.2) is 23.7 Å². The second-order valence-electron chi connectivity index (χ2n) is 6.17. The first-order chi connectivity index (χ1) is 12.1. The standard InChI is InChI=1S/C19H22FN3O2/c1-13(16-5-2-3-11-21-16)22-19(24)23-18(17-6-4-12-25-17)14-7-9-15(20)10-8-14/h2-3,5,7-11,13,17-18H,4,6,12H2,1H3,(H2,22,23,24). The molecule has 2 aromatic rings. The summed E-state index contributed by atoms with van der Waals surface area (Å²) in [7, 11) is 0. The molecule has 3 rings (SSSR count). The van der Waals surface area contributed by atoms with Crippen LogP contribution in [0.5, 0.6) is 0 Å². The van der Waals surface area contributed by atoms with Gasteiger partial charge in [0.25, 0.3) is 0 Å². The zero-order valence-corrected chi connectivity index (χ0v) is 14.1. The van der Waals surface area contributed by atoms with Gasteiger partial charge < -0.3 is 15.4 Å². The Morgan fingerprint density at radius 2 is 2.04 bits per heavy atom. The third-order valence-corrected chi connectivity index (χ3v) is 4.33. The largest absolute Gasteiger partial charge is 0.376 e. The van der Waals surface area contributed by atoms with Gasteiger partial charge >= 0.3 is 6.03 Å². The van der Waals surface area contributed by atoms with E-state index in [0.717, 1.165) is 24.1 Å². The lowest BCUT2D eigenvalue weighted by molar-refractivity contribution is 0.0805. The molecule has 2 heterocycles. The van der Waals surface area contributed by atoms with Gasteiger partial charge in [0.1, 0.15) is 5.82 Å². The number of amides is 2. The van der Waals surface area contributed by atoms with Gasteiger partial charge in [-0.3, -0.25) is 4.98 Å². The van der Waals surface area contributed by atoms with Crippen molar-refractivity contribution >= 4 is 6.03 Å². The molecular formula is C19H22FN3O2. The van der Waals surface area contributed by atoms with Crippen molar-refractivity contribution in [1.82, 2.24) is 15.6 Å². The van der Waals surface area contributed by atoms with Gasteiger partial charge in [0.15, 0.2) is 0 Å². The highest BCUT2D eigenvalue weighted by Gasteiger charge is 2.29. The number of pyridine rings is 1. The Labute approximate surface area is 146 Å². The van der Waals surface area contributed by atoms with Crippen LogP contribution in [-0.2, 0) is 4.74 Å². The molecule has 132 valence electrons. The number of hydrogen-bond acceptors (Lipinski definition) is 3. The van der Waals surface area contributed by atoms with Crippen LogP contribution in [0.15, 0.2) is 48.7 Å². The Balaban J connectivity index is 1.69. The average molecular weight is 343 g/mol. The van der Waals surface area contributed by atoms with Crippen molar-refractivity contribution in [3.05, 3.63) is 65.7 Å². The summed E-state index contributed by atoms with van der Waals surface area (Å²) >= 11 is 0. The highest BCUT2D eigenvalue weighted by molar-refractivity contribution is 5.75. The van der Waals surface area contributed by atoms with Gasteiger partial charge in [-0.15, -0.1) is 0 Å². The van der Waals surface area contributed by atoms with Crippen molar-refractivity contribution in [3.8, 4) is 0 Å². The molecule has 1 fully saturated rings. The number of urea groups is 1. The lowest BCUT2D eigenvalue weighted by Gasteiger charge is -2.26. The van der Waals surface area contributed by atoms with Gasteiger partial charge in [0, 0.05) is 12.8 Å². The summed E-state index contributed by atoms with van der Waals surface area (Å²) in [6.45, 7) is 2.55. The number of nitrogens with zero attached hydrogens (tertiary/aromatic N) is 1. The maximum absolute atomic E-state index is 13.2. The number of carbonyl (C=O) groups is 1. The van der Waals surface area contributed by atoms with Gasteiger partial charge in [0.2, 0.25) is 0 Å². The fourth-order valence-corrected chi connectivity index (χ4v) is 3.01. The van der Waals surface area contributed by atoms with Crippen molar-refractivity contribution < 1.29 is 13.9 Å². The van der Waals surface area contributed by atoms with Gasteiger partial charge in [-0.05, 0) is 49.6 Å². The van der Waals surface area contributed by atoms with E-state index < -0.39 is 0 Å². The molecule has 3 unspecified atom stereocenters. The molecule has 3 atom stereocenters. The number of ether oxygens (including phenoxy) is 1. The second kappa shape index (κ2) is 8.07. The van der Waals surface area contributed by atoms with Crippen LogP contribution in [0.4, 0.5) is 9.18 Å². The minimum Gasteiger partial charge on any atom is -0.376 e. The first kappa shape index (κ1) is 17.4. The van der Waals surface area contributed by atoms with Crippen molar-refractivity contribution in [2.45, 2.75) is 38.0 Å². The van der Waals surface area contributed by atoms with Crippen LogP contribution in [0, 0.1) is 5.82 Å². The number of benzene rings is 1. The van der Waals surface area contributed by atoms with Crippen LogP contribution < -0.4 is 10.6 Å². The monoisotopic (exact) mass is 343 g/mol. The van der Waals surface area contributed by atoms with Crippen LogP contribution in [0.2, 0.25) is 0 Å². The predicted octanol–water partition coefficient (Wildman–Crippen LogP) is 3.50. The number of halogens is 1. The summed E-state index contributed by atoms with van der Waals surface area (Å²) in [5.41, 5.74) is 1.61. The molecule has 0 radical (unpaired) electrons. The van der Waals surface area contributed by atoms with E-state index in [4.69, 9.17) is 4.74 Å². The number of carbonyl (C=O) groups excluding carboxylic acids is 1. The SMILES string of the molecule is CC(NC(=O)NC(c1ccc(F)cc1)C1CCCO1)c1ccccn1. The zero-order valence-electron chi connectivity index (χ0n) is 14.1. The molecule has 1 aliphatic heterocycles. The molecule has 0 spiro atoms. The van der Waals surface area contributed by atoms with Gasteiger partial charge in [-0.2, -0.15) is 0 Å². The summed E-state index contributed by atoms with van der Waals surface area (Å²) in [5, 5.41) is 5.86. The molecule has 1 aromatic heterocycles. The highest BCUT2D eigenvalue weighted by atomic mass is 19.1. The Morgan fingerprint density at radius 1 is 1.24 bits per heavy atom. The van der Waals surface area contributed by atoms with E-state index in [0.29, 0.717) is 6.61 Å². The first-order valence-corrected chi connectivity index (χ1v) is 8.48. The van der Waals surface area contributed by atoms with Crippen LogP contribution in [0.1, 0.15) is 43.1 Å². The summed E-state index contributed by atoms with van der Waals surface area (Å²) in [6.07, 6.45) is 3.40.